The van der Waals surface area contributed by atoms with Crippen LogP contribution in [-0.4, -0.2) is 34.5 Å². The van der Waals surface area contributed by atoms with Gasteiger partial charge in [0.2, 0.25) is 11.8 Å². The largest absolute Gasteiger partial charge is 0.439 e. The van der Waals surface area contributed by atoms with E-state index >= 15 is 0 Å². The molecule has 3 aromatic rings. The quantitative estimate of drug-likeness (QED) is 0.604. The summed E-state index contributed by atoms with van der Waals surface area (Å²) < 4.78 is 6.29. The molecule has 0 radical (unpaired) electrons. The Morgan fingerprint density at radius 1 is 0.931 bits per heavy atom. The molecule has 0 amide bonds. The van der Waals surface area contributed by atoms with Gasteiger partial charge in [0.25, 0.3) is 0 Å². The molecule has 2 aliphatic heterocycles. The Morgan fingerprint density at radius 2 is 1.79 bits per heavy atom. The van der Waals surface area contributed by atoms with E-state index in [-0.39, 0.29) is 0 Å². The van der Waals surface area contributed by atoms with Crippen LogP contribution in [0.1, 0.15) is 35.4 Å². The van der Waals surface area contributed by atoms with Crippen molar-refractivity contribution in [1.82, 2.24) is 14.9 Å². The van der Waals surface area contributed by atoms with Crippen LogP contribution in [0.25, 0.3) is 0 Å². The third-order valence-electron chi connectivity index (χ3n) is 5.65. The van der Waals surface area contributed by atoms with Crippen molar-refractivity contribution in [1.29, 1.82) is 0 Å². The molecule has 0 bridgehead atoms. The van der Waals surface area contributed by atoms with Gasteiger partial charge in [-0.05, 0) is 42.8 Å². The van der Waals surface area contributed by atoms with Crippen molar-refractivity contribution < 1.29 is 4.74 Å². The number of thiophene rings is 1. The highest BCUT2D eigenvalue weighted by Crippen LogP contribution is 2.32. The van der Waals surface area contributed by atoms with Crippen LogP contribution >= 0.6 is 11.3 Å². The van der Waals surface area contributed by atoms with Crippen LogP contribution in [0.2, 0.25) is 0 Å². The molecule has 6 heteroatoms. The number of piperidine rings is 1. The van der Waals surface area contributed by atoms with E-state index in [0.29, 0.717) is 0 Å². The third-order valence-corrected chi connectivity index (χ3v) is 6.51. The van der Waals surface area contributed by atoms with Crippen LogP contribution in [-0.2, 0) is 19.5 Å². The van der Waals surface area contributed by atoms with Crippen LogP contribution in [0, 0.1) is 0 Å². The molecule has 0 saturated carbocycles. The van der Waals surface area contributed by atoms with Gasteiger partial charge in [-0.3, -0.25) is 4.90 Å². The van der Waals surface area contributed by atoms with Gasteiger partial charge in [-0.1, -0.05) is 24.3 Å². The number of hydrogen-bond acceptors (Lipinski definition) is 6. The molecule has 4 heterocycles. The van der Waals surface area contributed by atoms with E-state index < -0.39 is 0 Å². The Bertz CT molecular complexity index is 939. The van der Waals surface area contributed by atoms with E-state index in [1.54, 1.807) is 0 Å². The molecule has 1 fully saturated rings. The first kappa shape index (κ1) is 18.6. The molecule has 2 aliphatic rings. The van der Waals surface area contributed by atoms with Crippen LogP contribution in [0.15, 0.2) is 47.8 Å². The lowest BCUT2D eigenvalue weighted by Crippen LogP contribution is -2.34. The first-order valence-electron chi connectivity index (χ1n) is 10.5. The summed E-state index contributed by atoms with van der Waals surface area (Å²) in [6, 6.07) is 14.3. The van der Waals surface area contributed by atoms with Crippen molar-refractivity contribution in [2.24, 2.45) is 0 Å². The van der Waals surface area contributed by atoms with Gasteiger partial charge < -0.3 is 9.64 Å². The number of hydrogen-bond donors (Lipinski definition) is 0. The number of anilines is 1. The molecule has 150 valence electrons. The maximum atomic E-state index is 6.29. The van der Waals surface area contributed by atoms with Crippen LogP contribution in [0.5, 0.6) is 11.6 Å². The average Bonchev–Trinajstić information content (AvgIpc) is 3.28. The zero-order valence-corrected chi connectivity index (χ0v) is 17.4. The Balaban J connectivity index is 1.46. The Labute approximate surface area is 176 Å². The molecule has 0 N–H and O–H groups in total. The third kappa shape index (κ3) is 4.28. The van der Waals surface area contributed by atoms with E-state index in [1.165, 1.54) is 24.1 Å². The second kappa shape index (κ2) is 8.51. The number of nitrogens with zero attached hydrogens (tertiary/aromatic N) is 4. The maximum absolute atomic E-state index is 6.29. The molecular formula is C23H26N4OS. The predicted octanol–water partition coefficient (Wildman–Crippen LogP) is 4.88. The lowest BCUT2D eigenvalue weighted by molar-refractivity contribution is 0.240. The summed E-state index contributed by atoms with van der Waals surface area (Å²) in [5.41, 5.74) is 2.28. The van der Waals surface area contributed by atoms with E-state index in [4.69, 9.17) is 14.7 Å². The van der Waals surface area contributed by atoms with Gasteiger partial charge in [-0.25, -0.2) is 4.98 Å². The lowest BCUT2D eigenvalue weighted by Gasteiger charge is -2.31. The van der Waals surface area contributed by atoms with E-state index in [0.717, 1.165) is 68.0 Å². The molecule has 0 unspecified atom stereocenters. The molecule has 0 spiro atoms. The Hall–Kier alpha value is -2.44. The van der Waals surface area contributed by atoms with Crippen molar-refractivity contribution in [2.75, 3.05) is 24.5 Å². The van der Waals surface area contributed by atoms with Gasteiger partial charge in [-0.15, -0.1) is 11.3 Å². The Morgan fingerprint density at radius 3 is 2.59 bits per heavy atom. The minimum absolute atomic E-state index is 0.720. The van der Waals surface area contributed by atoms with Gasteiger partial charge >= 0.3 is 0 Å². The summed E-state index contributed by atoms with van der Waals surface area (Å²) in [6.45, 7) is 4.89. The summed E-state index contributed by atoms with van der Waals surface area (Å²) in [5.74, 6) is 2.38. The fourth-order valence-electron chi connectivity index (χ4n) is 4.11. The smallest absolute Gasteiger partial charge is 0.228 e. The van der Waals surface area contributed by atoms with Crippen molar-refractivity contribution in [2.45, 2.75) is 38.8 Å². The van der Waals surface area contributed by atoms with Gasteiger partial charge in [0.05, 0.1) is 11.3 Å². The lowest BCUT2D eigenvalue weighted by atomic mass is 10.1. The minimum atomic E-state index is 0.720. The summed E-state index contributed by atoms with van der Waals surface area (Å²) >= 11 is 1.82. The molecule has 29 heavy (non-hydrogen) atoms. The SMILES string of the molecule is c1ccc(Oc2nc(N3CCCCC3)nc3c2CN(Cc2cccs2)CC3)cc1. The van der Waals surface area contributed by atoms with Crippen molar-refractivity contribution in [3.63, 3.8) is 0 Å². The van der Waals surface area contributed by atoms with Crippen LogP contribution in [0.3, 0.4) is 0 Å². The van der Waals surface area contributed by atoms with Gasteiger partial charge in [0.1, 0.15) is 5.75 Å². The summed E-state index contributed by atoms with van der Waals surface area (Å²) in [6.07, 6.45) is 4.66. The fourth-order valence-corrected chi connectivity index (χ4v) is 4.85. The zero-order chi connectivity index (χ0) is 19.5. The highest BCUT2D eigenvalue weighted by atomic mass is 32.1. The summed E-state index contributed by atoms with van der Waals surface area (Å²) in [5, 5.41) is 2.14. The van der Waals surface area contributed by atoms with Crippen LogP contribution < -0.4 is 9.64 Å². The molecule has 0 atom stereocenters. The number of ether oxygens (including phenoxy) is 1. The average molecular weight is 407 g/mol. The maximum Gasteiger partial charge on any atom is 0.228 e. The predicted molar refractivity (Wildman–Crippen MR) is 117 cm³/mol. The first-order chi connectivity index (χ1) is 14.3. The molecular weight excluding hydrogens is 380 g/mol. The highest BCUT2D eigenvalue weighted by molar-refractivity contribution is 7.09. The highest BCUT2D eigenvalue weighted by Gasteiger charge is 2.26. The molecule has 5 rings (SSSR count). The number of benzene rings is 1. The number of para-hydroxylation sites is 1. The number of aromatic nitrogens is 2. The Kier molecular flexibility index (Phi) is 5.45. The van der Waals surface area contributed by atoms with E-state index in [2.05, 4.69) is 27.3 Å². The summed E-state index contributed by atoms with van der Waals surface area (Å²) in [4.78, 5) is 16.1. The first-order valence-corrected chi connectivity index (χ1v) is 11.4. The summed E-state index contributed by atoms with van der Waals surface area (Å²) in [7, 11) is 0. The van der Waals surface area contributed by atoms with Crippen LogP contribution in [0.4, 0.5) is 5.95 Å². The zero-order valence-electron chi connectivity index (χ0n) is 16.6. The van der Waals surface area contributed by atoms with E-state index in [9.17, 15) is 0 Å². The van der Waals surface area contributed by atoms with Crippen molar-refractivity contribution in [3.8, 4) is 11.6 Å². The van der Waals surface area contributed by atoms with Crippen molar-refractivity contribution in [3.05, 3.63) is 64.0 Å². The molecule has 5 nitrogen and oxygen atoms in total. The normalized spacial score (nSPS) is 17.2. The molecule has 0 aliphatic carbocycles. The van der Waals surface area contributed by atoms with E-state index in [1.807, 2.05) is 41.7 Å². The second-order valence-electron chi connectivity index (χ2n) is 7.76. The fraction of sp³-hybridized carbons (Fsp3) is 0.391. The second-order valence-corrected chi connectivity index (χ2v) is 8.79. The van der Waals surface area contributed by atoms with Gasteiger partial charge in [0, 0.05) is 44.0 Å². The number of rotatable bonds is 5. The van der Waals surface area contributed by atoms with Gasteiger partial charge in [0.15, 0.2) is 0 Å². The standard InChI is InChI=1S/C23H26N4OS/c1-3-8-18(9-4-1)28-22-20-17-26(16-19-10-7-15-29-19)14-11-21(20)24-23(25-22)27-12-5-2-6-13-27/h1,3-4,7-10,15H,2,5-6,11-14,16-17H2. The molecule has 1 aromatic carbocycles. The number of fused-ring (bicyclic) bond motifs is 1. The van der Waals surface area contributed by atoms with Crippen molar-refractivity contribution >= 4 is 17.3 Å². The monoisotopic (exact) mass is 406 g/mol. The topological polar surface area (TPSA) is 41.5 Å². The minimum Gasteiger partial charge on any atom is -0.439 e. The molecule has 1 saturated heterocycles. The molecule has 2 aromatic heterocycles. The van der Waals surface area contributed by atoms with Gasteiger partial charge in [-0.2, -0.15) is 4.98 Å².